The summed E-state index contributed by atoms with van der Waals surface area (Å²) < 4.78 is 0. The lowest BCUT2D eigenvalue weighted by Crippen LogP contribution is -2.33. The first kappa shape index (κ1) is 21.6. The quantitative estimate of drug-likeness (QED) is 0.332. The van der Waals surface area contributed by atoms with Crippen LogP contribution in [0.15, 0.2) is 0 Å². The second kappa shape index (κ2) is 17.0. The van der Waals surface area contributed by atoms with E-state index in [2.05, 4.69) is 19.2 Å². The highest BCUT2D eigenvalue weighted by molar-refractivity contribution is 5.83. The Morgan fingerprint density at radius 3 is 1.50 bits per heavy atom. The molecule has 0 aromatic heterocycles. The first-order chi connectivity index (χ1) is 10.8. The smallest absolute Gasteiger partial charge is 0.149 e. The van der Waals surface area contributed by atoms with E-state index in [1.807, 2.05) is 7.05 Å². The maximum Gasteiger partial charge on any atom is 0.149 e. The van der Waals surface area contributed by atoms with Gasteiger partial charge in [-0.1, -0.05) is 90.9 Å². The van der Waals surface area contributed by atoms with E-state index < -0.39 is 0 Å². The summed E-state index contributed by atoms with van der Waals surface area (Å²) in [6.45, 7) is 4.35. The van der Waals surface area contributed by atoms with Gasteiger partial charge in [0.1, 0.15) is 5.78 Å². The summed E-state index contributed by atoms with van der Waals surface area (Å²) in [7, 11) is 1.88. The number of nitrogens with one attached hydrogen (secondary N) is 1. The van der Waals surface area contributed by atoms with Gasteiger partial charge in [0.05, 0.1) is 6.04 Å². The molecule has 2 heteroatoms. The SMILES string of the molecule is CCCCCCCCCCCCCCCC(=O)C(CC)NC. The van der Waals surface area contributed by atoms with Crippen molar-refractivity contribution in [3.63, 3.8) is 0 Å². The highest BCUT2D eigenvalue weighted by Gasteiger charge is 2.12. The molecule has 132 valence electrons. The molecule has 22 heavy (non-hydrogen) atoms. The lowest BCUT2D eigenvalue weighted by Gasteiger charge is -2.11. The van der Waals surface area contributed by atoms with Gasteiger partial charge in [0, 0.05) is 6.42 Å². The summed E-state index contributed by atoms with van der Waals surface area (Å²) in [5.74, 6) is 0.396. The number of carbonyl (C=O) groups is 1. The summed E-state index contributed by atoms with van der Waals surface area (Å²) in [4.78, 5) is 11.8. The minimum Gasteiger partial charge on any atom is -0.311 e. The van der Waals surface area contributed by atoms with E-state index >= 15 is 0 Å². The van der Waals surface area contributed by atoms with Crippen LogP contribution >= 0.6 is 0 Å². The van der Waals surface area contributed by atoms with Gasteiger partial charge in [-0.05, 0) is 19.9 Å². The van der Waals surface area contributed by atoms with Crippen LogP contribution in [0, 0.1) is 0 Å². The fourth-order valence-electron chi connectivity index (χ4n) is 3.08. The van der Waals surface area contributed by atoms with Gasteiger partial charge in [-0.2, -0.15) is 0 Å². The van der Waals surface area contributed by atoms with Crippen LogP contribution < -0.4 is 5.32 Å². The van der Waals surface area contributed by atoms with E-state index in [1.165, 1.54) is 77.0 Å². The maximum absolute atomic E-state index is 11.8. The molecule has 0 saturated heterocycles. The Morgan fingerprint density at radius 1 is 0.727 bits per heavy atom. The van der Waals surface area contributed by atoms with Gasteiger partial charge < -0.3 is 5.32 Å². The molecule has 0 rings (SSSR count). The summed E-state index contributed by atoms with van der Waals surface area (Å²) >= 11 is 0. The van der Waals surface area contributed by atoms with Gasteiger partial charge in [0.2, 0.25) is 0 Å². The molecule has 0 heterocycles. The molecular formula is C20H41NO. The molecule has 0 radical (unpaired) electrons. The molecule has 0 fully saturated rings. The standard InChI is InChI=1S/C20H41NO/c1-4-6-7-8-9-10-11-12-13-14-15-16-17-18-20(22)19(5-2)21-3/h19,21H,4-18H2,1-3H3. The Balaban J connectivity index is 3.19. The van der Waals surface area contributed by atoms with Crippen LogP contribution in [0.1, 0.15) is 110 Å². The number of carbonyl (C=O) groups excluding carboxylic acids is 1. The fourth-order valence-corrected chi connectivity index (χ4v) is 3.08. The maximum atomic E-state index is 11.8. The lowest BCUT2D eigenvalue weighted by atomic mass is 10.0. The van der Waals surface area contributed by atoms with Crippen molar-refractivity contribution in [1.82, 2.24) is 5.32 Å². The first-order valence-electron chi connectivity index (χ1n) is 9.96. The van der Waals surface area contributed by atoms with Crippen LogP contribution in [0.3, 0.4) is 0 Å². The number of hydrogen-bond acceptors (Lipinski definition) is 2. The van der Waals surface area contributed by atoms with Crippen LogP contribution in [0.25, 0.3) is 0 Å². The Kier molecular flexibility index (Phi) is 16.7. The molecule has 0 aromatic carbocycles. The summed E-state index contributed by atoms with van der Waals surface area (Å²) in [6.07, 6.45) is 19.3. The molecule has 0 bridgehead atoms. The Labute approximate surface area is 139 Å². The van der Waals surface area contributed by atoms with Crippen LogP contribution in [0.2, 0.25) is 0 Å². The number of likely N-dealkylation sites (N-methyl/N-ethyl adjacent to an activating group) is 1. The van der Waals surface area contributed by atoms with E-state index in [1.54, 1.807) is 0 Å². The number of rotatable bonds is 17. The van der Waals surface area contributed by atoms with E-state index in [-0.39, 0.29) is 6.04 Å². The average Bonchev–Trinajstić information content (AvgIpc) is 2.53. The van der Waals surface area contributed by atoms with Crippen molar-refractivity contribution in [3.05, 3.63) is 0 Å². The number of hydrogen-bond donors (Lipinski definition) is 1. The zero-order valence-corrected chi connectivity index (χ0v) is 15.6. The zero-order valence-electron chi connectivity index (χ0n) is 15.6. The van der Waals surface area contributed by atoms with Gasteiger partial charge in [-0.15, -0.1) is 0 Å². The Bertz CT molecular complexity index is 236. The first-order valence-corrected chi connectivity index (χ1v) is 9.96. The van der Waals surface area contributed by atoms with E-state index in [0.717, 1.165) is 19.3 Å². The molecular weight excluding hydrogens is 270 g/mol. The van der Waals surface area contributed by atoms with Gasteiger partial charge in [-0.3, -0.25) is 4.79 Å². The lowest BCUT2D eigenvalue weighted by molar-refractivity contribution is -0.121. The van der Waals surface area contributed by atoms with Crippen LogP contribution in [0.4, 0.5) is 0 Å². The fraction of sp³-hybridized carbons (Fsp3) is 0.950. The van der Waals surface area contributed by atoms with Gasteiger partial charge in [-0.25, -0.2) is 0 Å². The third-order valence-electron chi connectivity index (χ3n) is 4.67. The molecule has 1 N–H and O–H groups in total. The molecule has 0 aliphatic carbocycles. The van der Waals surface area contributed by atoms with Gasteiger partial charge in [0.25, 0.3) is 0 Å². The molecule has 2 nitrogen and oxygen atoms in total. The third-order valence-corrected chi connectivity index (χ3v) is 4.67. The molecule has 0 aromatic rings. The highest BCUT2D eigenvalue weighted by atomic mass is 16.1. The van der Waals surface area contributed by atoms with E-state index in [4.69, 9.17) is 0 Å². The molecule has 0 amide bonds. The number of Topliss-reactive ketones (excluding diaryl/α,β-unsaturated/α-hetero) is 1. The minimum absolute atomic E-state index is 0.0809. The van der Waals surface area contributed by atoms with Crippen molar-refractivity contribution in [2.75, 3.05) is 7.05 Å². The van der Waals surface area contributed by atoms with Crippen molar-refractivity contribution < 1.29 is 4.79 Å². The molecule has 0 aliphatic rings. The van der Waals surface area contributed by atoms with Crippen molar-refractivity contribution in [1.29, 1.82) is 0 Å². The highest BCUT2D eigenvalue weighted by Crippen LogP contribution is 2.13. The van der Waals surface area contributed by atoms with Crippen molar-refractivity contribution >= 4 is 5.78 Å². The predicted octanol–water partition coefficient (Wildman–Crippen LogP) is 6.03. The zero-order chi connectivity index (χ0) is 16.5. The summed E-state index contributed by atoms with van der Waals surface area (Å²) in [6, 6.07) is 0.0809. The summed E-state index contributed by atoms with van der Waals surface area (Å²) in [5, 5.41) is 3.10. The van der Waals surface area contributed by atoms with E-state index in [9.17, 15) is 4.79 Å². The molecule has 0 saturated carbocycles. The van der Waals surface area contributed by atoms with Crippen molar-refractivity contribution in [3.8, 4) is 0 Å². The Hall–Kier alpha value is -0.370. The predicted molar refractivity (Wildman–Crippen MR) is 98.5 cm³/mol. The molecule has 1 unspecified atom stereocenters. The molecule has 0 aliphatic heterocycles. The molecule has 1 atom stereocenters. The Morgan fingerprint density at radius 2 is 1.14 bits per heavy atom. The molecule has 0 spiro atoms. The van der Waals surface area contributed by atoms with Crippen LogP contribution in [-0.4, -0.2) is 18.9 Å². The van der Waals surface area contributed by atoms with Crippen molar-refractivity contribution in [2.24, 2.45) is 0 Å². The second-order valence-corrected chi connectivity index (χ2v) is 6.71. The number of unbranched alkanes of at least 4 members (excludes halogenated alkanes) is 12. The van der Waals surface area contributed by atoms with Gasteiger partial charge >= 0.3 is 0 Å². The summed E-state index contributed by atoms with van der Waals surface area (Å²) in [5.41, 5.74) is 0. The van der Waals surface area contributed by atoms with E-state index in [0.29, 0.717) is 5.78 Å². The number of ketones is 1. The monoisotopic (exact) mass is 311 g/mol. The average molecular weight is 312 g/mol. The largest absolute Gasteiger partial charge is 0.311 e. The topological polar surface area (TPSA) is 29.1 Å². The normalized spacial score (nSPS) is 12.5. The van der Waals surface area contributed by atoms with Crippen LogP contribution in [-0.2, 0) is 4.79 Å². The second-order valence-electron chi connectivity index (χ2n) is 6.71. The van der Waals surface area contributed by atoms with Crippen molar-refractivity contribution in [2.45, 2.75) is 116 Å². The van der Waals surface area contributed by atoms with Gasteiger partial charge in [0.15, 0.2) is 0 Å². The third kappa shape index (κ3) is 13.3. The minimum atomic E-state index is 0.0809. The van der Waals surface area contributed by atoms with Crippen LogP contribution in [0.5, 0.6) is 0 Å².